The van der Waals surface area contributed by atoms with Gasteiger partial charge in [0.1, 0.15) is 17.5 Å². The third kappa shape index (κ3) is 2.92. The molecule has 1 fully saturated rings. The number of hydrogen-bond acceptors (Lipinski definition) is 4. The molecule has 1 aromatic rings. The van der Waals surface area contributed by atoms with Crippen LogP contribution in [0.25, 0.3) is 5.57 Å². The number of carbonyl (C=O) groups is 1. The number of anilines is 1. The van der Waals surface area contributed by atoms with Crippen LogP contribution in [0, 0.1) is 5.92 Å². The minimum atomic E-state index is -0.496. The van der Waals surface area contributed by atoms with Crippen LogP contribution in [0.4, 0.5) is 5.69 Å². The van der Waals surface area contributed by atoms with Gasteiger partial charge in [0.25, 0.3) is 0 Å². The fourth-order valence-corrected chi connectivity index (χ4v) is 4.60. The number of methoxy groups -OCH3 is 1. The molecule has 4 heteroatoms. The summed E-state index contributed by atoms with van der Waals surface area (Å²) in [6.45, 7) is 4.22. The van der Waals surface area contributed by atoms with E-state index >= 15 is 0 Å². The Labute approximate surface area is 160 Å². The van der Waals surface area contributed by atoms with E-state index in [4.69, 9.17) is 15.2 Å². The first kappa shape index (κ1) is 18.1. The van der Waals surface area contributed by atoms with Crippen molar-refractivity contribution in [3.05, 3.63) is 58.9 Å². The lowest BCUT2D eigenvalue weighted by Gasteiger charge is -2.35. The van der Waals surface area contributed by atoms with Gasteiger partial charge in [-0.15, -0.1) is 0 Å². The first-order valence-electron chi connectivity index (χ1n) is 9.75. The maximum absolute atomic E-state index is 13.2. The molecule has 2 N–H and O–H groups in total. The number of benzene rings is 1. The lowest BCUT2D eigenvalue weighted by atomic mass is 9.77. The van der Waals surface area contributed by atoms with Crippen LogP contribution in [0.1, 0.15) is 45.1 Å². The van der Waals surface area contributed by atoms with Crippen LogP contribution >= 0.6 is 0 Å². The highest BCUT2D eigenvalue weighted by molar-refractivity contribution is 6.05. The first-order chi connectivity index (χ1) is 13.0. The highest BCUT2D eigenvalue weighted by Crippen LogP contribution is 2.48. The molecule has 1 aromatic carbocycles. The molecule has 3 aliphatic rings. The van der Waals surface area contributed by atoms with Gasteiger partial charge in [-0.05, 0) is 67.4 Å². The van der Waals surface area contributed by atoms with E-state index in [-0.39, 0.29) is 11.9 Å². The minimum absolute atomic E-state index is 0.0741. The molecule has 1 unspecified atom stereocenters. The molecule has 4 nitrogen and oxygen atoms in total. The predicted octanol–water partition coefficient (Wildman–Crippen LogP) is 4.43. The third-order valence-corrected chi connectivity index (χ3v) is 6.13. The Hall–Kier alpha value is -2.33. The summed E-state index contributed by atoms with van der Waals surface area (Å²) >= 11 is 0. The van der Waals surface area contributed by atoms with Gasteiger partial charge in [-0.2, -0.15) is 0 Å². The second-order valence-electron chi connectivity index (χ2n) is 7.87. The number of Topliss-reactive ketones (excluding diaryl/α,β-unsaturated/α-hetero) is 1. The Balaban J connectivity index is 1.83. The Bertz CT molecular complexity index is 862. The quantitative estimate of drug-likeness (QED) is 0.802. The maximum Gasteiger partial charge on any atom is 0.195 e. The van der Waals surface area contributed by atoms with Crippen LogP contribution in [0.2, 0.25) is 0 Å². The molecule has 1 aliphatic carbocycles. The van der Waals surface area contributed by atoms with E-state index in [1.54, 1.807) is 7.11 Å². The molecule has 0 amide bonds. The third-order valence-electron chi connectivity index (χ3n) is 6.13. The zero-order valence-electron chi connectivity index (χ0n) is 16.2. The average molecular weight is 365 g/mol. The highest BCUT2D eigenvalue weighted by Gasteiger charge is 2.51. The van der Waals surface area contributed by atoms with Gasteiger partial charge in [-0.3, -0.25) is 4.79 Å². The summed E-state index contributed by atoms with van der Waals surface area (Å²) in [6, 6.07) is 7.89. The van der Waals surface area contributed by atoms with Crippen molar-refractivity contribution in [3.63, 3.8) is 0 Å². The van der Waals surface area contributed by atoms with Gasteiger partial charge in [0.05, 0.1) is 12.7 Å². The molecule has 0 spiro atoms. The van der Waals surface area contributed by atoms with Gasteiger partial charge in [-0.25, -0.2) is 0 Å². The van der Waals surface area contributed by atoms with E-state index in [2.05, 4.69) is 19.1 Å². The zero-order chi connectivity index (χ0) is 19.2. The Kier molecular flexibility index (Phi) is 4.47. The largest absolute Gasteiger partial charge is 0.497 e. The number of nitrogens with two attached hydrogens (primary N) is 1. The smallest absolute Gasteiger partial charge is 0.195 e. The molecular formula is C23H27NO3. The minimum Gasteiger partial charge on any atom is -0.497 e. The number of carbonyl (C=O) groups excluding carboxylic acids is 1. The number of allylic oxidation sites excluding steroid dienone is 4. The molecule has 0 radical (unpaired) electrons. The van der Waals surface area contributed by atoms with Crippen molar-refractivity contribution in [2.75, 3.05) is 12.8 Å². The Morgan fingerprint density at radius 1 is 1.30 bits per heavy atom. The zero-order valence-corrected chi connectivity index (χ0v) is 16.2. The second-order valence-corrected chi connectivity index (χ2v) is 7.87. The lowest BCUT2D eigenvalue weighted by molar-refractivity contribution is -0.134. The molecular weight excluding hydrogens is 338 g/mol. The normalized spacial score (nSPS) is 30.3. The fourth-order valence-electron chi connectivity index (χ4n) is 4.60. The topological polar surface area (TPSA) is 61.6 Å². The van der Waals surface area contributed by atoms with Gasteiger partial charge in [0, 0.05) is 5.69 Å². The Morgan fingerprint density at radius 2 is 2.04 bits per heavy atom. The summed E-state index contributed by atoms with van der Waals surface area (Å²) in [5.74, 6) is 1.09. The van der Waals surface area contributed by atoms with E-state index in [1.165, 1.54) is 0 Å². The summed E-state index contributed by atoms with van der Waals surface area (Å²) in [7, 11) is 1.65. The maximum atomic E-state index is 13.2. The van der Waals surface area contributed by atoms with Crippen LogP contribution in [-0.4, -0.2) is 24.6 Å². The predicted molar refractivity (Wildman–Crippen MR) is 107 cm³/mol. The summed E-state index contributed by atoms with van der Waals surface area (Å²) in [4.78, 5) is 13.2. The molecule has 1 saturated heterocycles. The van der Waals surface area contributed by atoms with E-state index in [1.807, 2.05) is 31.2 Å². The highest BCUT2D eigenvalue weighted by atomic mass is 16.6. The molecule has 2 aliphatic heterocycles. The lowest BCUT2D eigenvalue weighted by Crippen LogP contribution is -2.40. The van der Waals surface area contributed by atoms with Gasteiger partial charge in [-0.1, -0.05) is 31.2 Å². The van der Waals surface area contributed by atoms with Gasteiger partial charge in [0.15, 0.2) is 5.78 Å². The van der Waals surface area contributed by atoms with Crippen LogP contribution in [0.3, 0.4) is 0 Å². The number of rotatable bonds is 4. The van der Waals surface area contributed by atoms with Crippen molar-refractivity contribution in [2.24, 2.45) is 5.92 Å². The van der Waals surface area contributed by atoms with Gasteiger partial charge in [0.2, 0.25) is 0 Å². The first-order valence-corrected chi connectivity index (χ1v) is 9.75. The van der Waals surface area contributed by atoms with Crippen molar-refractivity contribution in [3.8, 4) is 0 Å². The van der Waals surface area contributed by atoms with E-state index in [0.717, 1.165) is 53.7 Å². The van der Waals surface area contributed by atoms with Crippen LogP contribution in [-0.2, 0) is 14.3 Å². The fraction of sp³-hybridized carbons (Fsp3) is 0.435. The number of nitrogen functional groups attached to an aromatic ring is 1. The summed E-state index contributed by atoms with van der Waals surface area (Å²) < 4.78 is 11.8. The number of ether oxygens (including phenoxy) is 2. The molecule has 27 heavy (non-hydrogen) atoms. The molecule has 0 aromatic heterocycles. The molecule has 142 valence electrons. The van der Waals surface area contributed by atoms with Crippen molar-refractivity contribution >= 4 is 17.0 Å². The molecule has 4 rings (SSSR count). The SMILES string of the molecule is CCC1CC=C(c2ccc(N)cc2)C=C1C1=C(OC)[C@@]2(C)CC[C@H](O2)C1=O. The van der Waals surface area contributed by atoms with Gasteiger partial charge >= 0.3 is 0 Å². The molecule has 0 saturated carbocycles. The molecule has 2 bridgehead atoms. The molecule has 2 heterocycles. The monoisotopic (exact) mass is 365 g/mol. The second kappa shape index (κ2) is 6.68. The van der Waals surface area contributed by atoms with Crippen LogP contribution < -0.4 is 5.73 Å². The van der Waals surface area contributed by atoms with Gasteiger partial charge < -0.3 is 15.2 Å². The van der Waals surface area contributed by atoms with Crippen LogP contribution in [0.5, 0.6) is 0 Å². The summed E-state index contributed by atoms with van der Waals surface area (Å²) in [6.07, 6.45) is 7.57. The van der Waals surface area contributed by atoms with Crippen molar-refractivity contribution in [1.82, 2.24) is 0 Å². The van der Waals surface area contributed by atoms with E-state index < -0.39 is 5.60 Å². The number of fused-ring (bicyclic) bond motifs is 2. The Morgan fingerprint density at radius 3 is 2.70 bits per heavy atom. The standard InChI is InChI=1S/C23H27NO3/c1-4-14-5-6-16(15-7-9-17(24)10-8-15)13-18(14)20-21(25)19-11-12-23(2,27-19)22(20)26-3/h6-10,13-14,19H,4-5,11-12,24H2,1-3H3/t14?,19-,23+/m0/s1. The summed E-state index contributed by atoms with van der Waals surface area (Å²) in [5, 5.41) is 0. The van der Waals surface area contributed by atoms with Crippen molar-refractivity contribution in [2.45, 2.75) is 51.2 Å². The molecule has 3 atom stereocenters. The van der Waals surface area contributed by atoms with Crippen LogP contribution in [0.15, 0.2) is 53.3 Å². The van der Waals surface area contributed by atoms with E-state index in [0.29, 0.717) is 11.7 Å². The van der Waals surface area contributed by atoms with Crippen molar-refractivity contribution < 1.29 is 14.3 Å². The summed E-state index contributed by atoms with van der Waals surface area (Å²) in [5.41, 5.74) is 10.2. The van der Waals surface area contributed by atoms with E-state index in [9.17, 15) is 4.79 Å². The number of hydrogen-bond donors (Lipinski definition) is 1. The number of ketones is 1. The average Bonchev–Trinajstić information content (AvgIpc) is 3.04. The van der Waals surface area contributed by atoms with Crippen molar-refractivity contribution in [1.29, 1.82) is 0 Å².